The number of hydrogen-bond donors (Lipinski definition) is 3. The Morgan fingerprint density at radius 2 is 1.17 bits per heavy atom. The molecule has 0 unspecified atom stereocenters. The first kappa shape index (κ1) is 23.7. The largest absolute Gasteiger partial charge is 0.508 e. The molecule has 0 amide bonds. The van der Waals surface area contributed by atoms with Crippen molar-refractivity contribution >= 4 is 32.9 Å². The molecule has 0 bridgehead atoms. The van der Waals surface area contributed by atoms with E-state index in [1.54, 1.807) is 26.4 Å². The number of anilines is 2. The summed E-state index contributed by atoms with van der Waals surface area (Å²) >= 11 is 2.99. The van der Waals surface area contributed by atoms with E-state index in [0.29, 0.717) is 15.8 Å². The minimum Gasteiger partial charge on any atom is -0.508 e. The lowest BCUT2D eigenvalue weighted by Gasteiger charge is -2.20. The van der Waals surface area contributed by atoms with Gasteiger partial charge in [0, 0.05) is 27.5 Å². The van der Waals surface area contributed by atoms with E-state index < -0.39 is 6.17 Å². The molecule has 0 aliphatic rings. The van der Waals surface area contributed by atoms with Crippen LogP contribution in [0.5, 0.6) is 17.2 Å². The molecular formula is C27H24N4O3S2. The highest BCUT2D eigenvalue weighted by Gasteiger charge is 2.19. The number of phenols is 1. The van der Waals surface area contributed by atoms with Gasteiger partial charge in [0.1, 0.15) is 23.4 Å². The highest BCUT2D eigenvalue weighted by atomic mass is 32.1. The number of rotatable bonds is 9. The summed E-state index contributed by atoms with van der Waals surface area (Å²) in [6.45, 7) is 0. The number of ether oxygens (including phenoxy) is 2. The molecule has 2 aromatic heterocycles. The molecule has 5 aromatic rings. The van der Waals surface area contributed by atoms with Crippen molar-refractivity contribution in [2.24, 2.45) is 0 Å². The maximum Gasteiger partial charge on any atom is 0.185 e. The lowest BCUT2D eigenvalue weighted by atomic mass is 10.1. The Balaban J connectivity index is 1.38. The quantitative estimate of drug-likeness (QED) is 0.184. The number of methoxy groups -OCH3 is 2. The fourth-order valence-electron chi connectivity index (χ4n) is 3.64. The van der Waals surface area contributed by atoms with Crippen LogP contribution in [0.2, 0.25) is 0 Å². The zero-order valence-corrected chi connectivity index (χ0v) is 21.3. The average molecular weight is 517 g/mol. The fourth-order valence-corrected chi connectivity index (χ4v) is 5.14. The number of benzene rings is 3. The number of aromatic nitrogens is 2. The first-order valence-electron chi connectivity index (χ1n) is 11.1. The lowest BCUT2D eigenvalue weighted by Crippen LogP contribution is -2.20. The minimum atomic E-state index is -0.448. The van der Waals surface area contributed by atoms with Gasteiger partial charge < -0.3 is 25.2 Å². The van der Waals surface area contributed by atoms with Gasteiger partial charge in [-0.15, -0.1) is 22.7 Å². The van der Waals surface area contributed by atoms with Crippen molar-refractivity contribution in [1.29, 1.82) is 0 Å². The summed E-state index contributed by atoms with van der Waals surface area (Å²) in [7, 11) is 3.29. The van der Waals surface area contributed by atoms with E-state index in [9.17, 15) is 5.11 Å². The molecule has 5 rings (SSSR count). The Morgan fingerprint density at radius 1 is 0.694 bits per heavy atom. The Kier molecular flexibility index (Phi) is 7.01. The molecule has 3 N–H and O–H groups in total. The van der Waals surface area contributed by atoms with Crippen LogP contribution < -0.4 is 20.1 Å². The number of aromatic hydroxyl groups is 1. The van der Waals surface area contributed by atoms with Gasteiger partial charge in [0.2, 0.25) is 0 Å². The second-order valence-corrected chi connectivity index (χ2v) is 9.53. The van der Waals surface area contributed by atoms with Crippen LogP contribution >= 0.6 is 22.7 Å². The van der Waals surface area contributed by atoms with Gasteiger partial charge in [0.25, 0.3) is 0 Å². The molecule has 2 heterocycles. The maximum atomic E-state index is 10.6. The van der Waals surface area contributed by atoms with Gasteiger partial charge in [0.15, 0.2) is 10.3 Å². The van der Waals surface area contributed by atoms with Crippen LogP contribution in [0.25, 0.3) is 22.5 Å². The molecule has 182 valence electrons. The average Bonchev–Trinajstić information content (AvgIpc) is 3.59. The topological polar surface area (TPSA) is 88.5 Å². The van der Waals surface area contributed by atoms with Crippen LogP contribution in [0, 0.1) is 0 Å². The number of nitrogens with zero attached hydrogens (tertiary/aromatic N) is 2. The van der Waals surface area contributed by atoms with Crippen molar-refractivity contribution in [3.63, 3.8) is 0 Å². The van der Waals surface area contributed by atoms with E-state index in [2.05, 4.69) is 10.6 Å². The van der Waals surface area contributed by atoms with E-state index in [1.807, 2.05) is 71.4 Å². The van der Waals surface area contributed by atoms with Gasteiger partial charge in [-0.2, -0.15) is 0 Å². The highest BCUT2D eigenvalue weighted by molar-refractivity contribution is 7.14. The molecule has 0 fully saturated rings. The molecule has 0 aliphatic heterocycles. The third kappa shape index (κ3) is 5.27. The molecule has 3 aromatic carbocycles. The van der Waals surface area contributed by atoms with Crippen LogP contribution in [0.4, 0.5) is 10.3 Å². The van der Waals surface area contributed by atoms with Crippen LogP contribution in [0.15, 0.2) is 83.6 Å². The summed E-state index contributed by atoms with van der Waals surface area (Å²) in [5, 5.41) is 22.8. The van der Waals surface area contributed by atoms with Crippen LogP contribution in [0.1, 0.15) is 11.7 Å². The summed E-state index contributed by atoms with van der Waals surface area (Å²) in [6, 6.07) is 22.8. The normalized spacial score (nSPS) is 10.9. The molecule has 0 spiro atoms. The summed E-state index contributed by atoms with van der Waals surface area (Å²) in [6.07, 6.45) is -0.448. The number of phenolic OH excluding ortho intramolecular Hbond substituents is 1. The standard InChI is InChI=1S/C27H24N4O3S2/c1-33-19-11-7-17(8-12-19)22-15-35-26(28-22)30-25(21-5-3-4-6-24(21)32)31-27-29-23(16-36-27)18-9-13-20(34-2)14-10-18/h3-16,25,32H,1-2H3,(H,28,30)(H,29,31). The Bertz CT molecular complexity index is 1340. The smallest absolute Gasteiger partial charge is 0.185 e. The first-order chi connectivity index (χ1) is 17.6. The predicted molar refractivity (Wildman–Crippen MR) is 146 cm³/mol. The van der Waals surface area contributed by atoms with Crippen molar-refractivity contribution in [1.82, 2.24) is 9.97 Å². The summed E-state index contributed by atoms with van der Waals surface area (Å²) in [4.78, 5) is 9.52. The van der Waals surface area contributed by atoms with Crippen LogP contribution in [-0.2, 0) is 0 Å². The minimum absolute atomic E-state index is 0.182. The van der Waals surface area contributed by atoms with Crippen LogP contribution in [-0.4, -0.2) is 29.3 Å². The lowest BCUT2D eigenvalue weighted by molar-refractivity contribution is 0.415. The molecule has 0 saturated carbocycles. The van der Waals surface area contributed by atoms with Gasteiger partial charge in [-0.25, -0.2) is 9.97 Å². The van der Waals surface area contributed by atoms with Crippen molar-refractivity contribution in [3.8, 4) is 39.8 Å². The SMILES string of the molecule is COc1ccc(-c2csc(NC(Nc3nc(-c4ccc(OC)cc4)cs3)c3ccccc3O)n2)cc1. The molecule has 36 heavy (non-hydrogen) atoms. The van der Waals surface area contributed by atoms with Crippen LogP contribution in [0.3, 0.4) is 0 Å². The predicted octanol–water partition coefficient (Wildman–Crippen LogP) is 6.88. The van der Waals surface area contributed by atoms with E-state index in [4.69, 9.17) is 19.4 Å². The van der Waals surface area contributed by atoms with Gasteiger partial charge in [0.05, 0.1) is 25.6 Å². The Morgan fingerprint density at radius 3 is 1.61 bits per heavy atom. The van der Waals surface area contributed by atoms with Crippen molar-refractivity contribution in [2.75, 3.05) is 24.9 Å². The van der Waals surface area contributed by atoms with Gasteiger partial charge in [-0.3, -0.25) is 0 Å². The van der Waals surface area contributed by atoms with Gasteiger partial charge in [-0.1, -0.05) is 18.2 Å². The Hall–Kier alpha value is -4.08. The van der Waals surface area contributed by atoms with Gasteiger partial charge in [-0.05, 0) is 54.6 Å². The van der Waals surface area contributed by atoms with E-state index in [0.717, 1.165) is 34.0 Å². The summed E-state index contributed by atoms with van der Waals surface area (Å²) in [5.74, 6) is 1.78. The zero-order valence-electron chi connectivity index (χ0n) is 19.6. The van der Waals surface area contributed by atoms with E-state index in [1.165, 1.54) is 22.7 Å². The second kappa shape index (κ2) is 10.7. The maximum absolute atomic E-state index is 10.6. The third-order valence-electron chi connectivity index (χ3n) is 5.56. The monoisotopic (exact) mass is 516 g/mol. The van der Waals surface area contributed by atoms with E-state index >= 15 is 0 Å². The fraction of sp³-hybridized carbons (Fsp3) is 0.111. The molecule has 0 atom stereocenters. The van der Waals surface area contributed by atoms with Crippen molar-refractivity contribution in [3.05, 3.63) is 89.1 Å². The molecule has 7 nitrogen and oxygen atoms in total. The summed E-state index contributed by atoms with van der Waals surface area (Å²) in [5.41, 5.74) is 4.40. The first-order valence-corrected chi connectivity index (χ1v) is 12.9. The number of hydrogen-bond acceptors (Lipinski definition) is 9. The van der Waals surface area contributed by atoms with Crippen molar-refractivity contribution in [2.45, 2.75) is 6.17 Å². The second-order valence-electron chi connectivity index (χ2n) is 7.81. The number of thiazole rings is 2. The molecule has 0 saturated heterocycles. The summed E-state index contributed by atoms with van der Waals surface area (Å²) < 4.78 is 10.5. The molecule has 9 heteroatoms. The van der Waals surface area contributed by atoms with Crippen molar-refractivity contribution < 1.29 is 14.6 Å². The molecule has 0 radical (unpaired) electrons. The Labute approximate surface area is 217 Å². The van der Waals surface area contributed by atoms with E-state index in [-0.39, 0.29) is 5.75 Å². The molecular weight excluding hydrogens is 492 g/mol. The number of para-hydroxylation sites is 1. The zero-order chi connectivity index (χ0) is 24.9. The third-order valence-corrected chi connectivity index (χ3v) is 7.11. The molecule has 0 aliphatic carbocycles. The number of nitrogens with one attached hydrogen (secondary N) is 2. The highest BCUT2D eigenvalue weighted by Crippen LogP contribution is 2.34. The van der Waals surface area contributed by atoms with Gasteiger partial charge >= 0.3 is 0 Å².